The molecule has 4 atom stereocenters. The Hall–Kier alpha value is -1.69. The van der Waals surface area contributed by atoms with Crippen LogP contribution in [-0.2, 0) is 11.2 Å². The number of benzene rings is 1. The number of halogens is 1. The molecule has 2 fully saturated rings. The number of fused-ring (bicyclic) bond motifs is 5. The van der Waals surface area contributed by atoms with Crippen LogP contribution < -0.4 is 0 Å². The van der Waals surface area contributed by atoms with Crippen molar-refractivity contribution in [2.75, 3.05) is 0 Å². The van der Waals surface area contributed by atoms with E-state index in [-0.39, 0.29) is 16.8 Å². The molecule has 0 saturated heterocycles. The van der Waals surface area contributed by atoms with Crippen LogP contribution in [0.5, 0.6) is 0 Å². The van der Waals surface area contributed by atoms with Crippen LogP contribution in [-0.4, -0.2) is 5.78 Å². The summed E-state index contributed by atoms with van der Waals surface area (Å²) in [6.45, 7) is 2.15. The largest absolute Gasteiger partial charge is 0.299 e. The lowest BCUT2D eigenvalue weighted by Crippen LogP contribution is -2.42. The van der Waals surface area contributed by atoms with Gasteiger partial charge in [-0.15, -0.1) is 0 Å². The first kappa shape index (κ1) is 13.9. The minimum Gasteiger partial charge on any atom is -0.299 e. The molecule has 0 spiro atoms. The molecule has 3 heteroatoms. The first-order chi connectivity index (χ1) is 10.6. The second-order valence-electron chi connectivity index (χ2n) is 7.44. The Balaban J connectivity index is 1.75. The number of carbonyl (C=O) groups excluding carboxylic acids is 1. The number of carbonyl (C=O) groups is 1. The molecule has 114 valence electrons. The number of Topliss-reactive ketones (excluding diaryl/α,β-unsaturated/α-hetero) is 1. The Morgan fingerprint density at radius 2 is 2.09 bits per heavy atom. The van der Waals surface area contributed by atoms with Gasteiger partial charge in [-0.2, -0.15) is 5.26 Å². The maximum absolute atomic E-state index is 14.4. The molecule has 0 aromatic heterocycles. The third kappa shape index (κ3) is 1.67. The van der Waals surface area contributed by atoms with Crippen LogP contribution in [0.3, 0.4) is 0 Å². The molecule has 2 saturated carbocycles. The molecule has 2 nitrogen and oxygen atoms in total. The molecule has 0 bridgehead atoms. The Kier molecular flexibility index (Phi) is 2.95. The average Bonchev–Trinajstić information content (AvgIpc) is 2.83. The molecular weight excluding hydrogens is 277 g/mol. The predicted octanol–water partition coefficient (Wildman–Crippen LogP) is 4.12. The fourth-order valence-electron chi connectivity index (χ4n) is 5.48. The van der Waals surface area contributed by atoms with Gasteiger partial charge in [0.05, 0.1) is 5.56 Å². The molecule has 0 N–H and O–H groups in total. The number of hydrogen-bond acceptors (Lipinski definition) is 2. The summed E-state index contributed by atoms with van der Waals surface area (Å²) in [5.74, 6) is 1.47. The number of rotatable bonds is 0. The van der Waals surface area contributed by atoms with Crippen molar-refractivity contribution in [3.8, 4) is 6.07 Å². The summed E-state index contributed by atoms with van der Waals surface area (Å²) in [6.07, 6.45) is 5.29. The fourth-order valence-corrected chi connectivity index (χ4v) is 5.48. The summed E-state index contributed by atoms with van der Waals surface area (Å²) in [4.78, 5) is 12.3. The zero-order valence-corrected chi connectivity index (χ0v) is 12.9. The third-order valence-corrected chi connectivity index (χ3v) is 6.67. The van der Waals surface area contributed by atoms with Gasteiger partial charge in [-0.3, -0.25) is 4.79 Å². The van der Waals surface area contributed by atoms with Gasteiger partial charge in [-0.25, -0.2) is 4.39 Å². The molecule has 0 radical (unpaired) electrons. The summed E-state index contributed by atoms with van der Waals surface area (Å²) in [5.41, 5.74) is 1.89. The van der Waals surface area contributed by atoms with Gasteiger partial charge < -0.3 is 0 Å². The SMILES string of the molecule is C[C@]12CCC3c4ccc(C#N)c(F)c4CCC3C1CCC2=O. The number of nitriles is 1. The van der Waals surface area contributed by atoms with E-state index in [1.54, 1.807) is 6.07 Å². The van der Waals surface area contributed by atoms with Crippen molar-refractivity contribution in [2.24, 2.45) is 17.3 Å². The van der Waals surface area contributed by atoms with Gasteiger partial charge in [0.25, 0.3) is 0 Å². The van der Waals surface area contributed by atoms with Crippen LogP contribution in [0, 0.1) is 34.4 Å². The van der Waals surface area contributed by atoms with Crippen LogP contribution >= 0.6 is 0 Å². The summed E-state index contributed by atoms with van der Waals surface area (Å²) in [6, 6.07) is 5.54. The van der Waals surface area contributed by atoms with Crippen molar-refractivity contribution in [1.29, 1.82) is 5.26 Å². The second-order valence-corrected chi connectivity index (χ2v) is 7.44. The van der Waals surface area contributed by atoms with E-state index in [0.29, 0.717) is 30.0 Å². The van der Waals surface area contributed by atoms with Crippen LogP contribution in [0.4, 0.5) is 4.39 Å². The van der Waals surface area contributed by atoms with E-state index >= 15 is 0 Å². The summed E-state index contributed by atoms with van der Waals surface area (Å²) in [7, 11) is 0. The maximum Gasteiger partial charge on any atom is 0.144 e. The predicted molar refractivity (Wildman–Crippen MR) is 80.7 cm³/mol. The number of nitrogens with zero attached hydrogens (tertiary/aromatic N) is 1. The summed E-state index contributed by atoms with van der Waals surface area (Å²) >= 11 is 0. The zero-order valence-electron chi connectivity index (χ0n) is 12.9. The monoisotopic (exact) mass is 297 g/mol. The molecular formula is C19H20FNO. The molecule has 3 aliphatic rings. The number of ketones is 1. The van der Waals surface area contributed by atoms with Crippen LogP contribution in [0.25, 0.3) is 0 Å². The lowest BCUT2D eigenvalue weighted by molar-refractivity contribution is -0.129. The minimum absolute atomic E-state index is 0.135. The summed E-state index contributed by atoms with van der Waals surface area (Å²) < 4.78 is 14.4. The van der Waals surface area contributed by atoms with Gasteiger partial charge >= 0.3 is 0 Å². The van der Waals surface area contributed by atoms with Gasteiger partial charge in [0.2, 0.25) is 0 Å². The van der Waals surface area contributed by atoms with Crippen LogP contribution in [0.15, 0.2) is 12.1 Å². The van der Waals surface area contributed by atoms with Gasteiger partial charge in [0.15, 0.2) is 0 Å². The van der Waals surface area contributed by atoms with Crippen LogP contribution in [0.2, 0.25) is 0 Å². The molecule has 22 heavy (non-hydrogen) atoms. The first-order valence-corrected chi connectivity index (χ1v) is 8.31. The average molecular weight is 297 g/mol. The van der Waals surface area contributed by atoms with Crippen molar-refractivity contribution >= 4 is 5.78 Å². The topological polar surface area (TPSA) is 40.9 Å². The maximum atomic E-state index is 14.4. The third-order valence-electron chi connectivity index (χ3n) is 6.67. The van der Waals surface area contributed by atoms with E-state index in [2.05, 4.69) is 6.92 Å². The second kappa shape index (κ2) is 4.65. The highest BCUT2D eigenvalue weighted by Crippen LogP contribution is 2.59. The molecule has 1 aromatic carbocycles. The lowest BCUT2D eigenvalue weighted by atomic mass is 9.55. The minimum atomic E-state index is -0.311. The van der Waals surface area contributed by atoms with Crippen molar-refractivity contribution in [3.63, 3.8) is 0 Å². The molecule has 0 heterocycles. The smallest absolute Gasteiger partial charge is 0.144 e. The molecule has 1 aromatic rings. The Morgan fingerprint density at radius 3 is 2.86 bits per heavy atom. The van der Waals surface area contributed by atoms with E-state index in [4.69, 9.17) is 5.26 Å². The normalized spacial score (nSPS) is 36.2. The molecule has 3 unspecified atom stereocenters. The Bertz CT molecular complexity index is 704. The number of hydrogen-bond donors (Lipinski definition) is 0. The zero-order chi connectivity index (χ0) is 15.5. The molecule has 3 aliphatic carbocycles. The van der Waals surface area contributed by atoms with E-state index in [9.17, 15) is 9.18 Å². The fraction of sp³-hybridized carbons (Fsp3) is 0.579. The lowest BCUT2D eigenvalue weighted by Gasteiger charge is -2.48. The van der Waals surface area contributed by atoms with Crippen molar-refractivity contribution in [2.45, 2.75) is 51.4 Å². The highest BCUT2D eigenvalue weighted by Gasteiger charge is 2.54. The van der Waals surface area contributed by atoms with E-state index in [1.807, 2.05) is 12.1 Å². The molecule has 0 amide bonds. The van der Waals surface area contributed by atoms with E-state index < -0.39 is 0 Å². The molecule has 0 aliphatic heterocycles. The van der Waals surface area contributed by atoms with Gasteiger partial charge in [-0.1, -0.05) is 13.0 Å². The Morgan fingerprint density at radius 1 is 1.27 bits per heavy atom. The quantitative estimate of drug-likeness (QED) is 0.722. The van der Waals surface area contributed by atoms with Crippen molar-refractivity contribution in [3.05, 3.63) is 34.6 Å². The first-order valence-electron chi connectivity index (χ1n) is 8.31. The Labute approximate surface area is 130 Å². The highest BCUT2D eigenvalue weighted by atomic mass is 19.1. The van der Waals surface area contributed by atoms with E-state index in [1.165, 1.54) is 0 Å². The van der Waals surface area contributed by atoms with Gasteiger partial charge in [0.1, 0.15) is 17.7 Å². The van der Waals surface area contributed by atoms with E-state index in [0.717, 1.165) is 43.2 Å². The van der Waals surface area contributed by atoms with Crippen molar-refractivity contribution < 1.29 is 9.18 Å². The van der Waals surface area contributed by atoms with Gasteiger partial charge in [0, 0.05) is 11.8 Å². The summed E-state index contributed by atoms with van der Waals surface area (Å²) in [5, 5.41) is 9.01. The molecule has 4 rings (SSSR count). The highest BCUT2D eigenvalue weighted by molar-refractivity contribution is 5.87. The standard InChI is InChI=1S/C19H20FNO/c1-19-9-8-13-12-3-2-11(10-21)18(20)15(12)5-4-14(13)16(19)6-7-17(19)22/h2-3,13-14,16H,4-9H2,1H3/t13?,14?,16?,19-/m0/s1. The van der Waals surface area contributed by atoms with Crippen LogP contribution in [0.1, 0.15) is 61.6 Å². The van der Waals surface area contributed by atoms with Gasteiger partial charge in [-0.05, 0) is 67.1 Å². The van der Waals surface area contributed by atoms with Crippen molar-refractivity contribution in [1.82, 2.24) is 0 Å².